The van der Waals surface area contributed by atoms with E-state index in [1.165, 1.54) is 0 Å². The smallest absolute Gasteiger partial charge is 0.253 e. The first kappa shape index (κ1) is 20.7. The molecule has 1 unspecified atom stereocenters. The number of hydrogen-bond donors (Lipinski definition) is 0. The van der Waals surface area contributed by atoms with Crippen molar-refractivity contribution in [2.45, 2.75) is 26.3 Å². The lowest BCUT2D eigenvalue weighted by Crippen LogP contribution is -2.46. The summed E-state index contributed by atoms with van der Waals surface area (Å²) in [6, 6.07) is 14.5. The fourth-order valence-corrected chi connectivity index (χ4v) is 3.90. The summed E-state index contributed by atoms with van der Waals surface area (Å²) in [5.41, 5.74) is 1.53. The van der Waals surface area contributed by atoms with E-state index in [1.54, 1.807) is 29.2 Å². The number of rotatable bonds is 5. The van der Waals surface area contributed by atoms with E-state index in [2.05, 4.69) is 0 Å². The van der Waals surface area contributed by atoms with Gasteiger partial charge in [0.05, 0.1) is 5.92 Å². The van der Waals surface area contributed by atoms with Crippen molar-refractivity contribution in [3.63, 3.8) is 0 Å². The number of likely N-dealkylation sites (tertiary alicyclic amines) is 1. The third-order valence-corrected chi connectivity index (χ3v) is 5.78. The molecule has 1 aliphatic heterocycles. The van der Waals surface area contributed by atoms with Crippen molar-refractivity contribution in [1.29, 1.82) is 0 Å². The van der Waals surface area contributed by atoms with Crippen LogP contribution in [0.3, 0.4) is 0 Å². The van der Waals surface area contributed by atoms with Crippen molar-refractivity contribution in [2.24, 2.45) is 5.92 Å². The van der Waals surface area contributed by atoms with Gasteiger partial charge in [0.15, 0.2) is 0 Å². The van der Waals surface area contributed by atoms with Gasteiger partial charge in [-0.15, -0.1) is 0 Å². The Bertz CT molecular complexity index is 839. The molecule has 0 N–H and O–H groups in total. The fourth-order valence-electron chi connectivity index (χ4n) is 3.57. The van der Waals surface area contributed by atoms with Crippen LogP contribution in [0, 0.1) is 5.92 Å². The SMILES string of the molecule is CCN(Cc1ccccc1Cl)C(=O)C1CCCN(C(=O)c2ccc(Cl)cc2)C1. The average molecular weight is 419 g/mol. The normalized spacial score (nSPS) is 16.7. The minimum absolute atomic E-state index is 0.0525. The van der Waals surface area contributed by atoms with Crippen molar-refractivity contribution in [2.75, 3.05) is 19.6 Å². The van der Waals surface area contributed by atoms with E-state index < -0.39 is 0 Å². The summed E-state index contributed by atoms with van der Waals surface area (Å²) < 4.78 is 0. The summed E-state index contributed by atoms with van der Waals surface area (Å²) >= 11 is 12.2. The quantitative estimate of drug-likeness (QED) is 0.692. The van der Waals surface area contributed by atoms with Crippen molar-refractivity contribution in [3.05, 3.63) is 69.7 Å². The van der Waals surface area contributed by atoms with Crippen LogP contribution in [-0.2, 0) is 11.3 Å². The van der Waals surface area contributed by atoms with Crippen LogP contribution in [0.2, 0.25) is 10.0 Å². The molecular weight excluding hydrogens is 395 g/mol. The Morgan fingerprint density at radius 2 is 1.82 bits per heavy atom. The van der Waals surface area contributed by atoms with Crippen LogP contribution in [0.4, 0.5) is 0 Å². The molecule has 1 atom stereocenters. The third-order valence-electron chi connectivity index (χ3n) is 5.16. The lowest BCUT2D eigenvalue weighted by Gasteiger charge is -2.35. The van der Waals surface area contributed by atoms with E-state index >= 15 is 0 Å². The maximum atomic E-state index is 13.1. The molecule has 1 fully saturated rings. The molecule has 1 saturated heterocycles. The number of carbonyl (C=O) groups is 2. The predicted octanol–water partition coefficient (Wildman–Crippen LogP) is 4.89. The monoisotopic (exact) mass is 418 g/mol. The van der Waals surface area contributed by atoms with Crippen molar-refractivity contribution in [1.82, 2.24) is 9.80 Å². The van der Waals surface area contributed by atoms with Crippen LogP contribution >= 0.6 is 23.2 Å². The van der Waals surface area contributed by atoms with Gasteiger partial charge in [0.1, 0.15) is 0 Å². The van der Waals surface area contributed by atoms with Gasteiger partial charge in [-0.2, -0.15) is 0 Å². The first-order valence-electron chi connectivity index (χ1n) is 9.56. The van der Waals surface area contributed by atoms with Gasteiger partial charge >= 0.3 is 0 Å². The van der Waals surface area contributed by atoms with E-state index in [4.69, 9.17) is 23.2 Å². The molecule has 3 rings (SSSR count). The second-order valence-electron chi connectivity index (χ2n) is 7.04. The molecule has 6 heteroatoms. The lowest BCUT2D eigenvalue weighted by atomic mass is 9.95. The summed E-state index contributed by atoms with van der Waals surface area (Å²) in [5, 5.41) is 1.26. The van der Waals surface area contributed by atoms with Gasteiger partial charge in [0.2, 0.25) is 5.91 Å². The van der Waals surface area contributed by atoms with E-state index in [1.807, 2.05) is 36.1 Å². The van der Waals surface area contributed by atoms with Crippen molar-refractivity contribution >= 4 is 35.0 Å². The molecule has 28 heavy (non-hydrogen) atoms. The number of carbonyl (C=O) groups excluding carboxylic acids is 2. The lowest BCUT2D eigenvalue weighted by molar-refractivity contribution is -0.137. The van der Waals surface area contributed by atoms with E-state index in [0.717, 1.165) is 18.4 Å². The Kier molecular flexibility index (Phi) is 6.97. The molecule has 1 heterocycles. The molecule has 0 bridgehead atoms. The van der Waals surface area contributed by atoms with Crippen LogP contribution in [0.25, 0.3) is 0 Å². The third kappa shape index (κ3) is 4.86. The predicted molar refractivity (Wildman–Crippen MR) is 113 cm³/mol. The number of amides is 2. The summed E-state index contributed by atoms with van der Waals surface area (Å²) in [5.74, 6) is -0.160. The summed E-state index contributed by atoms with van der Waals surface area (Å²) in [7, 11) is 0. The van der Waals surface area contributed by atoms with E-state index in [-0.39, 0.29) is 17.7 Å². The molecule has 4 nitrogen and oxygen atoms in total. The molecule has 0 spiro atoms. The highest BCUT2D eigenvalue weighted by molar-refractivity contribution is 6.31. The van der Waals surface area contributed by atoms with Gasteiger partial charge in [-0.05, 0) is 55.7 Å². The van der Waals surface area contributed by atoms with Crippen molar-refractivity contribution < 1.29 is 9.59 Å². The minimum Gasteiger partial charge on any atom is -0.338 e. The standard InChI is InChI=1S/C22H24Cl2N2O2/c1-2-25(14-17-6-3-4-8-20(17)24)22(28)18-7-5-13-26(15-18)21(27)16-9-11-19(23)12-10-16/h3-4,6,8-12,18H,2,5,7,13-15H2,1H3. The average Bonchev–Trinajstić information content (AvgIpc) is 2.73. The Hall–Kier alpha value is -2.04. The molecule has 2 aromatic carbocycles. The first-order chi connectivity index (χ1) is 13.5. The fraction of sp³-hybridized carbons (Fsp3) is 0.364. The summed E-state index contributed by atoms with van der Waals surface area (Å²) in [6.07, 6.45) is 1.61. The maximum absolute atomic E-state index is 13.1. The molecule has 0 aliphatic carbocycles. The van der Waals surface area contributed by atoms with Gasteiger partial charge in [0.25, 0.3) is 5.91 Å². The number of nitrogens with zero attached hydrogens (tertiary/aromatic N) is 2. The molecule has 2 amide bonds. The molecule has 2 aromatic rings. The number of benzene rings is 2. The summed E-state index contributed by atoms with van der Waals surface area (Å²) in [4.78, 5) is 29.5. The molecule has 0 aromatic heterocycles. The second-order valence-corrected chi connectivity index (χ2v) is 7.88. The van der Waals surface area contributed by atoms with Gasteiger partial charge in [-0.1, -0.05) is 41.4 Å². The number of halogens is 2. The molecule has 0 radical (unpaired) electrons. The van der Waals surface area contributed by atoms with Crippen LogP contribution < -0.4 is 0 Å². The van der Waals surface area contributed by atoms with Gasteiger partial charge in [-0.3, -0.25) is 9.59 Å². The number of piperidine rings is 1. The highest BCUT2D eigenvalue weighted by Crippen LogP contribution is 2.23. The van der Waals surface area contributed by atoms with Gasteiger partial charge in [0, 0.05) is 41.8 Å². The van der Waals surface area contributed by atoms with Gasteiger partial charge < -0.3 is 9.80 Å². The van der Waals surface area contributed by atoms with Crippen LogP contribution in [0.5, 0.6) is 0 Å². The van der Waals surface area contributed by atoms with E-state index in [0.29, 0.717) is 41.8 Å². The Balaban J connectivity index is 1.68. The van der Waals surface area contributed by atoms with E-state index in [9.17, 15) is 9.59 Å². The van der Waals surface area contributed by atoms with Crippen LogP contribution in [-0.4, -0.2) is 41.2 Å². The molecule has 1 aliphatic rings. The highest BCUT2D eigenvalue weighted by Gasteiger charge is 2.31. The largest absolute Gasteiger partial charge is 0.338 e. The maximum Gasteiger partial charge on any atom is 0.253 e. The summed E-state index contributed by atoms with van der Waals surface area (Å²) in [6.45, 7) is 4.16. The van der Waals surface area contributed by atoms with Crippen LogP contribution in [0.1, 0.15) is 35.7 Å². The zero-order chi connectivity index (χ0) is 20.1. The first-order valence-corrected chi connectivity index (χ1v) is 10.3. The zero-order valence-corrected chi connectivity index (χ0v) is 17.4. The Morgan fingerprint density at radius 1 is 1.11 bits per heavy atom. The van der Waals surface area contributed by atoms with Gasteiger partial charge in [-0.25, -0.2) is 0 Å². The molecule has 148 valence electrons. The molecule has 0 saturated carbocycles. The second kappa shape index (κ2) is 9.44. The topological polar surface area (TPSA) is 40.6 Å². The Morgan fingerprint density at radius 3 is 2.50 bits per heavy atom. The zero-order valence-electron chi connectivity index (χ0n) is 15.9. The Labute approximate surface area is 176 Å². The molecular formula is C22H24Cl2N2O2. The minimum atomic E-state index is -0.188. The highest BCUT2D eigenvalue weighted by atomic mass is 35.5. The van der Waals surface area contributed by atoms with Crippen LogP contribution in [0.15, 0.2) is 48.5 Å². The van der Waals surface area contributed by atoms with Crippen molar-refractivity contribution in [3.8, 4) is 0 Å². The number of hydrogen-bond acceptors (Lipinski definition) is 2.